The van der Waals surface area contributed by atoms with Crippen LogP contribution in [0.15, 0.2) is 48.5 Å². The molecule has 2 N–H and O–H groups in total. The second kappa shape index (κ2) is 8.69. The molecule has 0 aliphatic heterocycles. The van der Waals surface area contributed by atoms with Crippen LogP contribution in [-0.2, 0) is 9.59 Å². The van der Waals surface area contributed by atoms with Crippen molar-refractivity contribution >= 4 is 29.2 Å². The molecule has 0 heterocycles. The van der Waals surface area contributed by atoms with E-state index in [2.05, 4.69) is 10.6 Å². The highest BCUT2D eigenvalue weighted by Crippen LogP contribution is 2.31. The molecule has 3 rings (SSSR count). The van der Waals surface area contributed by atoms with Gasteiger partial charge in [-0.25, -0.2) is 0 Å². The van der Waals surface area contributed by atoms with E-state index < -0.39 is 17.8 Å². The third kappa shape index (κ3) is 4.57. The minimum Gasteiger partial charge on any atom is -0.550 e. The van der Waals surface area contributed by atoms with Crippen molar-refractivity contribution in [2.45, 2.75) is 32.6 Å². The zero-order valence-electron chi connectivity index (χ0n) is 15.7. The third-order valence-electron chi connectivity index (χ3n) is 5.19. The van der Waals surface area contributed by atoms with Crippen LogP contribution in [0.1, 0.15) is 41.6 Å². The van der Waals surface area contributed by atoms with Crippen molar-refractivity contribution in [1.82, 2.24) is 0 Å². The summed E-state index contributed by atoms with van der Waals surface area (Å²) < 4.78 is 0. The van der Waals surface area contributed by atoms with Crippen molar-refractivity contribution in [1.29, 1.82) is 0 Å². The summed E-state index contributed by atoms with van der Waals surface area (Å²) in [6.07, 6.45) is 2.59. The summed E-state index contributed by atoms with van der Waals surface area (Å²) in [5.74, 6) is -3.17. The number of aliphatic carboxylic acids is 1. The lowest BCUT2D eigenvalue weighted by Crippen LogP contribution is -2.42. The molecule has 1 aliphatic carbocycles. The lowest BCUT2D eigenvalue weighted by atomic mass is 9.78. The normalized spacial score (nSPS) is 18.9. The number of carbonyl (C=O) groups excluding carboxylic acids is 3. The predicted molar refractivity (Wildman–Crippen MR) is 105 cm³/mol. The number of carbonyl (C=O) groups is 3. The van der Waals surface area contributed by atoms with Crippen molar-refractivity contribution in [3.63, 3.8) is 0 Å². The minimum absolute atomic E-state index is 0.282. The fourth-order valence-corrected chi connectivity index (χ4v) is 3.61. The molecule has 0 aromatic heterocycles. The highest BCUT2D eigenvalue weighted by molar-refractivity contribution is 6.05. The lowest BCUT2D eigenvalue weighted by Gasteiger charge is -2.31. The molecule has 0 unspecified atom stereocenters. The van der Waals surface area contributed by atoms with Crippen LogP contribution in [0.5, 0.6) is 0 Å². The van der Waals surface area contributed by atoms with E-state index in [-0.39, 0.29) is 11.8 Å². The molecule has 146 valence electrons. The first-order valence-electron chi connectivity index (χ1n) is 9.44. The molecular formula is C22H23N2O4-. The summed E-state index contributed by atoms with van der Waals surface area (Å²) in [6.45, 7) is 1.91. The Bertz CT molecular complexity index is 894. The summed E-state index contributed by atoms with van der Waals surface area (Å²) in [5.41, 5.74) is 2.54. The molecule has 1 fully saturated rings. The van der Waals surface area contributed by atoms with Crippen LogP contribution in [0.25, 0.3) is 0 Å². The molecule has 6 heteroatoms. The molecule has 2 aromatic rings. The van der Waals surface area contributed by atoms with Crippen LogP contribution in [-0.4, -0.2) is 17.8 Å². The second-order valence-electron chi connectivity index (χ2n) is 7.16. The topological polar surface area (TPSA) is 98.3 Å². The Morgan fingerprint density at radius 3 is 2.36 bits per heavy atom. The number of nitrogens with one attached hydrogen (secondary N) is 2. The molecule has 2 atom stereocenters. The smallest absolute Gasteiger partial charge is 0.255 e. The van der Waals surface area contributed by atoms with Crippen LogP contribution in [0.3, 0.4) is 0 Å². The molecule has 1 aliphatic rings. The number of anilines is 2. The standard InChI is InChI=1S/C22H24N2O4/c1-14-7-2-5-12-19(14)24-20(25)15-8-6-9-16(13-15)23-21(26)17-10-3-4-11-18(17)22(27)28/h2,5-9,12-13,17-18H,3-4,10-11H2,1H3,(H,23,26)(H,24,25)(H,27,28)/p-1/t17-,18+/m1/s1. The van der Waals surface area contributed by atoms with Gasteiger partial charge in [-0.3, -0.25) is 9.59 Å². The molecule has 6 nitrogen and oxygen atoms in total. The Morgan fingerprint density at radius 1 is 0.929 bits per heavy atom. The van der Waals surface area contributed by atoms with E-state index in [1.165, 1.54) is 0 Å². The van der Waals surface area contributed by atoms with E-state index in [1.807, 2.05) is 31.2 Å². The Balaban J connectivity index is 1.70. The van der Waals surface area contributed by atoms with Gasteiger partial charge in [0.05, 0.1) is 0 Å². The number of hydrogen-bond acceptors (Lipinski definition) is 4. The van der Waals surface area contributed by atoms with Crippen molar-refractivity contribution in [3.05, 3.63) is 59.7 Å². The van der Waals surface area contributed by atoms with Crippen LogP contribution in [0.4, 0.5) is 11.4 Å². The molecule has 2 amide bonds. The van der Waals surface area contributed by atoms with Gasteiger partial charge in [-0.1, -0.05) is 37.1 Å². The zero-order valence-corrected chi connectivity index (χ0v) is 15.7. The average molecular weight is 379 g/mol. The van der Waals surface area contributed by atoms with Gasteiger partial charge in [0.2, 0.25) is 5.91 Å². The number of carboxylic acids is 1. The fourth-order valence-electron chi connectivity index (χ4n) is 3.61. The van der Waals surface area contributed by atoms with Gasteiger partial charge in [0, 0.05) is 34.7 Å². The Kier molecular flexibility index (Phi) is 6.09. The first-order chi connectivity index (χ1) is 13.5. The molecule has 0 bridgehead atoms. The predicted octanol–water partition coefficient (Wildman–Crippen LogP) is 2.74. The Hall–Kier alpha value is -3.15. The summed E-state index contributed by atoms with van der Waals surface area (Å²) in [6, 6.07) is 14.1. The van der Waals surface area contributed by atoms with Gasteiger partial charge in [0.1, 0.15) is 0 Å². The van der Waals surface area contributed by atoms with Crippen LogP contribution >= 0.6 is 0 Å². The van der Waals surface area contributed by atoms with E-state index in [1.54, 1.807) is 24.3 Å². The molecular weight excluding hydrogens is 356 g/mol. The van der Waals surface area contributed by atoms with Gasteiger partial charge >= 0.3 is 0 Å². The zero-order chi connectivity index (χ0) is 20.1. The second-order valence-corrected chi connectivity index (χ2v) is 7.16. The summed E-state index contributed by atoms with van der Waals surface area (Å²) >= 11 is 0. The molecule has 1 saturated carbocycles. The monoisotopic (exact) mass is 379 g/mol. The number of hydrogen-bond donors (Lipinski definition) is 2. The molecule has 2 aromatic carbocycles. The Labute approximate surface area is 164 Å². The summed E-state index contributed by atoms with van der Waals surface area (Å²) in [7, 11) is 0. The largest absolute Gasteiger partial charge is 0.550 e. The Morgan fingerprint density at radius 2 is 1.64 bits per heavy atom. The average Bonchev–Trinajstić information content (AvgIpc) is 2.70. The number of carboxylic acid groups (broad SMARTS) is 1. The first-order valence-corrected chi connectivity index (χ1v) is 9.44. The number of aryl methyl sites for hydroxylation is 1. The minimum atomic E-state index is -1.17. The number of amides is 2. The molecule has 28 heavy (non-hydrogen) atoms. The van der Waals surface area contributed by atoms with Gasteiger partial charge in [0.15, 0.2) is 0 Å². The maximum atomic E-state index is 12.6. The van der Waals surface area contributed by atoms with Crippen molar-refractivity contribution in [2.75, 3.05) is 10.6 Å². The van der Waals surface area contributed by atoms with E-state index in [9.17, 15) is 19.5 Å². The van der Waals surface area contributed by atoms with Gasteiger partial charge in [-0.15, -0.1) is 0 Å². The van der Waals surface area contributed by atoms with Gasteiger partial charge in [0.25, 0.3) is 5.91 Å². The van der Waals surface area contributed by atoms with Gasteiger partial charge in [-0.2, -0.15) is 0 Å². The van der Waals surface area contributed by atoms with Crippen molar-refractivity contribution < 1.29 is 19.5 Å². The van der Waals surface area contributed by atoms with E-state index >= 15 is 0 Å². The van der Waals surface area contributed by atoms with Gasteiger partial charge in [-0.05, 0) is 49.6 Å². The van der Waals surface area contributed by atoms with Crippen molar-refractivity contribution in [3.8, 4) is 0 Å². The van der Waals surface area contributed by atoms with Crippen LogP contribution in [0, 0.1) is 18.8 Å². The SMILES string of the molecule is Cc1ccccc1NC(=O)c1cccc(NC(=O)[C@@H]2CCCC[C@@H]2C(=O)[O-])c1. The van der Waals surface area contributed by atoms with E-state index in [4.69, 9.17) is 0 Å². The first kappa shape index (κ1) is 19.6. The van der Waals surface area contributed by atoms with Gasteiger partial charge < -0.3 is 20.5 Å². The highest BCUT2D eigenvalue weighted by Gasteiger charge is 2.31. The molecule has 0 radical (unpaired) electrons. The maximum absolute atomic E-state index is 12.6. The van der Waals surface area contributed by atoms with E-state index in [0.717, 1.165) is 24.1 Å². The number of benzene rings is 2. The third-order valence-corrected chi connectivity index (χ3v) is 5.19. The van der Waals surface area contributed by atoms with Crippen molar-refractivity contribution in [2.24, 2.45) is 11.8 Å². The quantitative estimate of drug-likeness (QED) is 0.834. The summed E-state index contributed by atoms with van der Waals surface area (Å²) in [5, 5.41) is 16.9. The summed E-state index contributed by atoms with van der Waals surface area (Å²) in [4.78, 5) is 36.5. The van der Waals surface area contributed by atoms with Crippen LogP contribution in [0.2, 0.25) is 0 Å². The molecule has 0 spiro atoms. The van der Waals surface area contributed by atoms with Crippen LogP contribution < -0.4 is 15.7 Å². The fraction of sp³-hybridized carbons (Fsp3) is 0.318. The number of para-hydroxylation sites is 1. The number of rotatable bonds is 5. The maximum Gasteiger partial charge on any atom is 0.255 e. The van der Waals surface area contributed by atoms with E-state index in [0.29, 0.717) is 24.1 Å². The lowest BCUT2D eigenvalue weighted by molar-refractivity contribution is -0.313. The highest BCUT2D eigenvalue weighted by atomic mass is 16.4. The molecule has 0 saturated heterocycles.